The standard InChI is InChI=1S/C25H25F3N2O4/c1-4-15-32-17(3)23-14-13-22(16(2)29-23)24(31)30-18-5-7-19(8-6-18)33-20-9-11-21(12-10-20)34-25(26,27)28/h5-14,17H,4,15H2,1-3H3,(H,30,31). The Hall–Kier alpha value is -3.59. The Morgan fingerprint density at radius 1 is 0.971 bits per heavy atom. The number of alkyl halides is 3. The zero-order chi connectivity index (χ0) is 24.7. The van der Waals surface area contributed by atoms with Crippen LogP contribution in [0.3, 0.4) is 0 Å². The minimum Gasteiger partial charge on any atom is -0.457 e. The molecule has 0 radical (unpaired) electrons. The number of pyridine rings is 1. The molecule has 0 bridgehead atoms. The van der Waals surface area contributed by atoms with E-state index < -0.39 is 6.36 Å². The number of carbonyl (C=O) groups is 1. The maximum absolute atomic E-state index is 12.7. The molecule has 0 saturated heterocycles. The third-order valence-corrected chi connectivity index (χ3v) is 4.75. The van der Waals surface area contributed by atoms with Crippen LogP contribution in [0.5, 0.6) is 17.2 Å². The molecule has 0 aliphatic heterocycles. The summed E-state index contributed by atoms with van der Waals surface area (Å²) in [6.07, 6.45) is -3.99. The molecule has 34 heavy (non-hydrogen) atoms. The Labute approximate surface area is 195 Å². The highest BCUT2D eigenvalue weighted by atomic mass is 19.4. The van der Waals surface area contributed by atoms with Crippen molar-refractivity contribution in [2.75, 3.05) is 11.9 Å². The molecule has 1 aromatic heterocycles. The molecule has 0 saturated carbocycles. The van der Waals surface area contributed by atoms with E-state index in [0.717, 1.165) is 24.2 Å². The van der Waals surface area contributed by atoms with Crippen molar-refractivity contribution < 1.29 is 32.2 Å². The van der Waals surface area contributed by atoms with E-state index in [1.165, 1.54) is 12.1 Å². The van der Waals surface area contributed by atoms with E-state index in [-0.39, 0.29) is 17.8 Å². The van der Waals surface area contributed by atoms with Gasteiger partial charge in [0.25, 0.3) is 5.91 Å². The molecule has 3 aromatic rings. The summed E-state index contributed by atoms with van der Waals surface area (Å²) in [6.45, 7) is 6.37. The lowest BCUT2D eigenvalue weighted by Crippen LogP contribution is -2.16. The first-order chi connectivity index (χ1) is 16.1. The Morgan fingerprint density at radius 3 is 2.12 bits per heavy atom. The summed E-state index contributed by atoms with van der Waals surface area (Å²) >= 11 is 0. The second-order valence-corrected chi connectivity index (χ2v) is 7.48. The number of benzene rings is 2. The summed E-state index contributed by atoms with van der Waals surface area (Å²) in [4.78, 5) is 17.2. The van der Waals surface area contributed by atoms with Crippen LogP contribution < -0.4 is 14.8 Å². The van der Waals surface area contributed by atoms with Gasteiger partial charge >= 0.3 is 6.36 Å². The van der Waals surface area contributed by atoms with E-state index in [0.29, 0.717) is 35.1 Å². The number of rotatable bonds is 9. The van der Waals surface area contributed by atoms with E-state index in [1.807, 2.05) is 13.8 Å². The van der Waals surface area contributed by atoms with Gasteiger partial charge in [0.15, 0.2) is 0 Å². The Kier molecular flexibility index (Phi) is 8.12. The van der Waals surface area contributed by atoms with E-state index in [1.54, 1.807) is 43.3 Å². The van der Waals surface area contributed by atoms with Gasteiger partial charge in [-0.3, -0.25) is 9.78 Å². The molecule has 0 spiro atoms. The summed E-state index contributed by atoms with van der Waals surface area (Å²) in [5, 5.41) is 2.81. The number of halogens is 3. The van der Waals surface area contributed by atoms with Crippen LogP contribution in [0.15, 0.2) is 60.7 Å². The predicted molar refractivity (Wildman–Crippen MR) is 121 cm³/mol. The number of hydrogen-bond acceptors (Lipinski definition) is 5. The summed E-state index contributed by atoms with van der Waals surface area (Å²) in [5.74, 6) is 0.155. The third kappa shape index (κ3) is 7.21. The molecule has 2 aromatic carbocycles. The van der Waals surface area contributed by atoms with Gasteiger partial charge < -0.3 is 19.5 Å². The molecule has 3 rings (SSSR count). The molecule has 9 heteroatoms. The molecule has 1 heterocycles. The Bertz CT molecular complexity index is 1100. The minimum absolute atomic E-state index is 0.156. The quantitative estimate of drug-likeness (QED) is 0.368. The SMILES string of the molecule is CCCOC(C)c1ccc(C(=O)Nc2ccc(Oc3ccc(OC(F)(F)F)cc3)cc2)c(C)n1. The summed E-state index contributed by atoms with van der Waals surface area (Å²) in [6, 6.07) is 15.2. The molecule has 0 aliphatic rings. The molecular weight excluding hydrogens is 449 g/mol. The minimum atomic E-state index is -4.75. The zero-order valence-electron chi connectivity index (χ0n) is 19.0. The Balaban J connectivity index is 1.59. The lowest BCUT2D eigenvalue weighted by Gasteiger charge is -2.14. The number of nitrogens with one attached hydrogen (secondary N) is 1. The monoisotopic (exact) mass is 474 g/mol. The molecule has 180 valence electrons. The molecule has 1 N–H and O–H groups in total. The molecule has 1 atom stereocenters. The van der Waals surface area contributed by atoms with Crippen molar-refractivity contribution in [1.29, 1.82) is 0 Å². The normalized spacial score (nSPS) is 12.2. The van der Waals surface area contributed by atoms with Crippen molar-refractivity contribution >= 4 is 11.6 Å². The smallest absolute Gasteiger partial charge is 0.457 e. The average Bonchev–Trinajstić information content (AvgIpc) is 2.79. The van der Waals surface area contributed by atoms with Gasteiger partial charge in [-0.25, -0.2) is 0 Å². The van der Waals surface area contributed by atoms with Gasteiger partial charge in [-0.15, -0.1) is 13.2 Å². The van der Waals surface area contributed by atoms with Crippen molar-refractivity contribution in [3.8, 4) is 17.2 Å². The van der Waals surface area contributed by atoms with Gasteiger partial charge in [0, 0.05) is 12.3 Å². The second-order valence-electron chi connectivity index (χ2n) is 7.48. The number of amides is 1. The molecule has 6 nitrogen and oxygen atoms in total. The lowest BCUT2D eigenvalue weighted by molar-refractivity contribution is -0.274. The van der Waals surface area contributed by atoms with Crippen molar-refractivity contribution in [3.63, 3.8) is 0 Å². The van der Waals surface area contributed by atoms with Crippen LogP contribution in [0.25, 0.3) is 0 Å². The highest BCUT2D eigenvalue weighted by Gasteiger charge is 2.31. The fraction of sp³-hybridized carbons (Fsp3) is 0.280. The number of aryl methyl sites for hydroxylation is 1. The summed E-state index contributed by atoms with van der Waals surface area (Å²) < 4.78 is 51.9. The highest BCUT2D eigenvalue weighted by Crippen LogP contribution is 2.28. The molecule has 1 amide bonds. The van der Waals surface area contributed by atoms with Crippen LogP contribution in [0, 0.1) is 6.92 Å². The van der Waals surface area contributed by atoms with E-state index >= 15 is 0 Å². The average molecular weight is 474 g/mol. The largest absolute Gasteiger partial charge is 0.573 e. The second kappa shape index (κ2) is 11.0. The van der Waals surface area contributed by atoms with Gasteiger partial charge in [-0.2, -0.15) is 0 Å². The number of ether oxygens (including phenoxy) is 3. The van der Waals surface area contributed by atoms with Crippen LogP contribution in [0.4, 0.5) is 18.9 Å². The van der Waals surface area contributed by atoms with Crippen LogP contribution in [-0.2, 0) is 4.74 Å². The van der Waals surface area contributed by atoms with Crippen molar-refractivity contribution in [3.05, 3.63) is 77.6 Å². The number of carbonyl (C=O) groups excluding carboxylic acids is 1. The number of aromatic nitrogens is 1. The fourth-order valence-electron chi connectivity index (χ4n) is 3.08. The maximum atomic E-state index is 12.7. The number of anilines is 1. The van der Waals surface area contributed by atoms with Gasteiger partial charge in [0.1, 0.15) is 17.2 Å². The van der Waals surface area contributed by atoms with Crippen LogP contribution in [0.1, 0.15) is 48.1 Å². The number of nitrogens with zero attached hydrogens (tertiary/aromatic N) is 1. The van der Waals surface area contributed by atoms with Gasteiger partial charge in [0.2, 0.25) is 0 Å². The molecule has 0 aliphatic carbocycles. The summed E-state index contributed by atoms with van der Waals surface area (Å²) in [7, 11) is 0. The molecular formula is C25H25F3N2O4. The van der Waals surface area contributed by atoms with E-state index in [4.69, 9.17) is 9.47 Å². The molecule has 0 fully saturated rings. The van der Waals surface area contributed by atoms with Crippen molar-refractivity contribution in [2.45, 2.75) is 39.7 Å². The molecule has 1 unspecified atom stereocenters. The summed E-state index contributed by atoms with van der Waals surface area (Å²) in [5.41, 5.74) is 2.36. The van der Waals surface area contributed by atoms with Crippen LogP contribution >= 0.6 is 0 Å². The third-order valence-electron chi connectivity index (χ3n) is 4.75. The van der Waals surface area contributed by atoms with Gasteiger partial charge in [-0.1, -0.05) is 6.92 Å². The lowest BCUT2D eigenvalue weighted by atomic mass is 10.1. The van der Waals surface area contributed by atoms with Gasteiger partial charge in [0.05, 0.1) is 23.1 Å². The van der Waals surface area contributed by atoms with E-state index in [9.17, 15) is 18.0 Å². The predicted octanol–water partition coefficient (Wildman–Crippen LogP) is 6.82. The van der Waals surface area contributed by atoms with Crippen LogP contribution in [-0.4, -0.2) is 23.9 Å². The fourth-order valence-corrected chi connectivity index (χ4v) is 3.08. The first kappa shape index (κ1) is 25.0. The first-order valence-corrected chi connectivity index (χ1v) is 10.7. The van der Waals surface area contributed by atoms with Gasteiger partial charge in [-0.05, 0) is 80.9 Å². The van der Waals surface area contributed by atoms with Crippen molar-refractivity contribution in [1.82, 2.24) is 4.98 Å². The highest BCUT2D eigenvalue weighted by molar-refractivity contribution is 6.05. The zero-order valence-corrected chi connectivity index (χ0v) is 19.0. The van der Waals surface area contributed by atoms with E-state index in [2.05, 4.69) is 15.0 Å². The number of hydrogen-bond donors (Lipinski definition) is 1. The first-order valence-electron chi connectivity index (χ1n) is 10.7. The topological polar surface area (TPSA) is 69.7 Å². The maximum Gasteiger partial charge on any atom is 0.573 e. The van der Waals surface area contributed by atoms with Crippen molar-refractivity contribution in [2.24, 2.45) is 0 Å². The Morgan fingerprint density at radius 2 is 1.56 bits per heavy atom. The van der Waals surface area contributed by atoms with Crippen LogP contribution in [0.2, 0.25) is 0 Å².